The number of hydrogen-bond acceptors (Lipinski definition) is 3. The maximum Gasteiger partial charge on any atom is 0.195 e. The maximum atomic E-state index is 12.6. The number of pyridine rings is 1. The molecule has 0 saturated carbocycles. The highest BCUT2D eigenvalue weighted by Crippen LogP contribution is 2.21. The quantitative estimate of drug-likeness (QED) is 0.532. The lowest BCUT2D eigenvalue weighted by Crippen LogP contribution is -2.02. The zero-order chi connectivity index (χ0) is 13.9. The van der Waals surface area contributed by atoms with Gasteiger partial charge in [0.2, 0.25) is 0 Å². The Hall–Kier alpha value is -2.13. The molecule has 0 aliphatic carbocycles. The summed E-state index contributed by atoms with van der Waals surface area (Å²) in [6.45, 7) is 0. The second kappa shape index (κ2) is 5.47. The molecule has 0 bridgehead atoms. The molecule has 3 rings (SSSR count). The topological polar surface area (TPSA) is 30.0 Å². The molecule has 1 aromatic heterocycles. The number of ketones is 1. The zero-order valence-corrected chi connectivity index (χ0v) is 11.9. The van der Waals surface area contributed by atoms with Crippen molar-refractivity contribution in [3.8, 4) is 0 Å². The van der Waals surface area contributed by atoms with Gasteiger partial charge in [-0.1, -0.05) is 18.2 Å². The number of fused-ring (bicyclic) bond motifs is 1. The number of carbonyl (C=O) groups excluding carboxylic acids is 1. The van der Waals surface area contributed by atoms with Crippen LogP contribution in [0.1, 0.15) is 15.9 Å². The summed E-state index contributed by atoms with van der Waals surface area (Å²) < 4.78 is 0. The molecule has 0 amide bonds. The minimum absolute atomic E-state index is 0.0157. The van der Waals surface area contributed by atoms with Crippen molar-refractivity contribution in [1.29, 1.82) is 0 Å². The van der Waals surface area contributed by atoms with Crippen molar-refractivity contribution >= 4 is 28.4 Å². The van der Waals surface area contributed by atoms with Gasteiger partial charge in [-0.3, -0.25) is 9.78 Å². The lowest BCUT2D eigenvalue weighted by Gasteiger charge is -2.05. The van der Waals surface area contributed by atoms with Gasteiger partial charge in [-0.05, 0) is 42.7 Å². The van der Waals surface area contributed by atoms with E-state index in [1.54, 1.807) is 18.0 Å². The van der Waals surface area contributed by atoms with E-state index in [1.165, 1.54) is 0 Å². The Labute approximate surface area is 121 Å². The average molecular weight is 279 g/mol. The Kier molecular flexibility index (Phi) is 3.52. The van der Waals surface area contributed by atoms with Crippen LogP contribution in [-0.4, -0.2) is 17.0 Å². The fourth-order valence-corrected chi connectivity index (χ4v) is 2.59. The predicted octanol–water partition coefficient (Wildman–Crippen LogP) is 4.19. The molecule has 98 valence electrons. The SMILES string of the molecule is CSc1ccc(C(=O)c2cccc3cccnc23)cc1. The summed E-state index contributed by atoms with van der Waals surface area (Å²) in [7, 11) is 0. The van der Waals surface area contributed by atoms with E-state index in [0.717, 1.165) is 15.8 Å². The summed E-state index contributed by atoms with van der Waals surface area (Å²) in [6.07, 6.45) is 3.74. The highest BCUT2D eigenvalue weighted by atomic mass is 32.2. The summed E-state index contributed by atoms with van der Waals surface area (Å²) in [4.78, 5) is 18.1. The van der Waals surface area contributed by atoms with Crippen LogP contribution in [0.3, 0.4) is 0 Å². The molecule has 2 nitrogen and oxygen atoms in total. The van der Waals surface area contributed by atoms with E-state index in [0.29, 0.717) is 11.1 Å². The Morgan fingerprint density at radius 1 is 1.00 bits per heavy atom. The van der Waals surface area contributed by atoms with Gasteiger partial charge in [-0.2, -0.15) is 0 Å². The minimum atomic E-state index is 0.0157. The van der Waals surface area contributed by atoms with E-state index in [1.807, 2.05) is 60.9 Å². The van der Waals surface area contributed by atoms with Crippen molar-refractivity contribution in [2.24, 2.45) is 0 Å². The Bertz CT molecular complexity index is 760. The molecule has 2 aromatic carbocycles. The minimum Gasteiger partial charge on any atom is -0.289 e. The first-order valence-corrected chi connectivity index (χ1v) is 7.54. The molecule has 0 fully saturated rings. The lowest BCUT2D eigenvalue weighted by atomic mass is 10.0. The molecule has 0 atom stereocenters. The van der Waals surface area contributed by atoms with Crippen molar-refractivity contribution in [2.45, 2.75) is 4.90 Å². The van der Waals surface area contributed by atoms with Crippen LogP contribution in [0.2, 0.25) is 0 Å². The summed E-state index contributed by atoms with van der Waals surface area (Å²) in [5.41, 5.74) is 2.11. The van der Waals surface area contributed by atoms with Crippen LogP contribution < -0.4 is 0 Å². The van der Waals surface area contributed by atoms with Crippen LogP contribution in [0.5, 0.6) is 0 Å². The number of rotatable bonds is 3. The molecule has 0 unspecified atom stereocenters. The predicted molar refractivity (Wildman–Crippen MR) is 83.4 cm³/mol. The van der Waals surface area contributed by atoms with Gasteiger partial charge in [0.25, 0.3) is 0 Å². The van der Waals surface area contributed by atoms with Gasteiger partial charge in [0.05, 0.1) is 5.52 Å². The molecule has 0 aliphatic rings. The maximum absolute atomic E-state index is 12.6. The summed E-state index contributed by atoms with van der Waals surface area (Å²) in [5, 5.41) is 0.985. The van der Waals surface area contributed by atoms with E-state index in [9.17, 15) is 4.79 Å². The molecule has 0 radical (unpaired) electrons. The molecule has 3 aromatic rings. The van der Waals surface area contributed by atoms with Crippen molar-refractivity contribution in [3.63, 3.8) is 0 Å². The van der Waals surface area contributed by atoms with E-state index in [4.69, 9.17) is 0 Å². The fourth-order valence-electron chi connectivity index (χ4n) is 2.19. The highest BCUT2D eigenvalue weighted by molar-refractivity contribution is 7.98. The van der Waals surface area contributed by atoms with Gasteiger partial charge < -0.3 is 0 Å². The van der Waals surface area contributed by atoms with Crippen LogP contribution >= 0.6 is 11.8 Å². The van der Waals surface area contributed by atoms with Crippen molar-refractivity contribution in [3.05, 3.63) is 71.9 Å². The van der Waals surface area contributed by atoms with E-state index < -0.39 is 0 Å². The number of carbonyl (C=O) groups is 1. The molecule has 0 spiro atoms. The van der Waals surface area contributed by atoms with Crippen molar-refractivity contribution in [2.75, 3.05) is 6.26 Å². The Morgan fingerprint density at radius 3 is 2.50 bits per heavy atom. The van der Waals surface area contributed by atoms with Crippen LogP contribution in [0.4, 0.5) is 0 Å². The summed E-state index contributed by atoms with van der Waals surface area (Å²) >= 11 is 1.66. The van der Waals surface area contributed by atoms with Gasteiger partial charge in [0, 0.05) is 27.6 Å². The van der Waals surface area contributed by atoms with Crippen molar-refractivity contribution < 1.29 is 4.79 Å². The fraction of sp³-hybridized carbons (Fsp3) is 0.0588. The Balaban J connectivity index is 2.07. The first-order chi connectivity index (χ1) is 9.79. The van der Waals surface area contributed by atoms with Gasteiger partial charge in [-0.15, -0.1) is 11.8 Å². The molecule has 0 N–H and O–H groups in total. The summed E-state index contributed by atoms with van der Waals surface area (Å²) in [6, 6.07) is 17.2. The van der Waals surface area contributed by atoms with E-state index in [-0.39, 0.29) is 5.78 Å². The smallest absolute Gasteiger partial charge is 0.195 e. The third-order valence-corrected chi connectivity index (χ3v) is 3.97. The van der Waals surface area contributed by atoms with Crippen LogP contribution in [0.15, 0.2) is 65.7 Å². The molecular weight excluding hydrogens is 266 g/mol. The van der Waals surface area contributed by atoms with E-state index in [2.05, 4.69) is 4.98 Å². The number of thioether (sulfide) groups is 1. The molecule has 3 heteroatoms. The summed E-state index contributed by atoms with van der Waals surface area (Å²) in [5.74, 6) is 0.0157. The highest BCUT2D eigenvalue weighted by Gasteiger charge is 2.12. The number of benzene rings is 2. The second-order valence-corrected chi connectivity index (χ2v) is 5.32. The lowest BCUT2D eigenvalue weighted by molar-refractivity contribution is 0.104. The van der Waals surface area contributed by atoms with Gasteiger partial charge in [-0.25, -0.2) is 0 Å². The second-order valence-electron chi connectivity index (χ2n) is 4.44. The van der Waals surface area contributed by atoms with Gasteiger partial charge in [0.15, 0.2) is 5.78 Å². The van der Waals surface area contributed by atoms with Gasteiger partial charge in [0.1, 0.15) is 0 Å². The first kappa shape index (κ1) is 12.9. The van der Waals surface area contributed by atoms with Crippen LogP contribution in [0, 0.1) is 0 Å². The number of para-hydroxylation sites is 1. The van der Waals surface area contributed by atoms with Gasteiger partial charge >= 0.3 is 0 Å². The molecule has 20 heavy (non-hydrogen) atoms. The van der Waals surface area contributed by atoms with Crippen molar-refractivity contribution in [1.82, 2.24) is 4.98 Å². The van der Waals surface area contributed by atoms with Crippen LogP contribution in [-0.2, 0) is 0 Å². The molecular formula is C17H13NOS. The molecule has 0 saturated heterocycles. The monoisotopic (exact) mass is 279 g/mol. The standard InChI is InChI=1S/C17H13NOS/c1-20-14-9-7-13(8-10-14)17(19)15-6-2-4-12-5-3-11-18-16(12)15/h2-11H,1H3. The Morgan fingerprint density at radius 2 is 1.75 bits per heavy atom. The normalized spacial score (nSPS) is 10.7. The average Bonchev–Trinajstić information content (AvgIpc) is 2.54. The number of nitrogens with zero attached hydrogens (tertiary/aromatic N) is 1. The molecule has 0 aliphatic heterocycles. The number of aromatic nitrogens is 1. The largest absolute Gasteiger partial charge is 0.289 e. The third kappa shape index (κ3) is 2.32. The first-order valence-electron chi connectivity index (χ1n) is 6.32. The third-order valence-electron chi connectivity index (χ3n) is 3.23. The molecule has 1 heterocycles. The van der Waals surface area contributed by atoms with E-state index >= 15 is 0 Å². The number of hydrogen-bond donors (Lipinski definition) is 0. The zero-order valence-electron chi connectivity index (χ0n) is 11.0. The van der Waals surface area contributed by atoms with Crippen LogP contribution in [0.25, 0.3) is 10.9 Å².